The third kappa shape index (κ3) is 5.38. The highest BCUT2D eigenvalue weighted by molar-refractivity contribution is 8.65. The van der Waals surface area contributed by atoms with Gasteiger partial charge in [0.05, 0.1) is 9.79 Å². The predicted molar refractivity (Wildman–Crippen MR) is 116 cm³/mol. The summed E-state index contributed by atoms with van der Waals surface area (Å²) in [5.41, 5.74) is 1.38. The van der Waals surface area contributed by atoms with Crippen LogP contribution in [0, 0.1) is 13.8 Å². The summed E-state index contributed by atoms with van der Waals surface area (Å²) in [7, 11) is -20.5. The number of rotatable bonds is 9. The van der Waals surface area contributed by atoms with Crippen LogP contribution in [0.5, 0.6) is 0 Å². The molecule has 0 heterocycles. The molecule has 10 nitrogen and oxygen atoms in total. The smallest absolute Gasteiger partial charge is 0.252 e. The molecule has 32 heavy (non-hydrogen) atoms. The van der Waals surface area contributed by atoms with Gasteiger partial charge in [-0.3, -0.25) is 8.37 Å². The topological polar surface area (TPSA) is 155 Å². The SMILES string of the molecule is Cc1ccc(S(=O)(=O)S(=O)(=O)OC(C)C(C)OS(=O)(=O)S(=O)(=O)c2ccc(C)cc2)cc1. The maximum absolute atomic E-state index is 12.4. The molecule has 0 saturated carbocycles. The fourth-order valence-electron chi connectivity index (χ4n) is 2.28. The van der Waals surface area contributed by atoms with E-state index in [0.717, 1.165) is 38.1 Å². The van der Waals surface area contributed by atoms with Crippen molar-refractivity contribution in [2.24, 2.45) is 0 Å². The highest BCUT2D eigenvalue weighted by atomic mass is 33.2. The van der Waals surface area contributed by atoms with Crippen molar-refractivity contribution >= 4 is 36.0 Å². The molecule has 0 fully saturated rings. The Kier molecular flexibility index (Phi) is 7.59. The van der Waals surface area contributed by atoms with Crippen LogP contribution in [0.4, 0.5) is 0 Å². The lowest BCUT2D eigenvalue weighted by Crippen LogP contribution is -2.34. The Hall–Kier alpha value is -1.84. The van der Waals surface area contributed by atoms with E-state index in [2.05, 4.69) is 8.37 Å². The van der Waals surface area contributed by atoms with E-state index in [1.807, 2.05) is 0 Å². The summed E-state index contributed by atoms with van der Waals surface area (Å²) >= 11 is 0. The average Bonchev–Trinajstić information content (AvgIpc) is 2.67. The first kappa shape index (κ1) is 26.4. The zero-order valence-corrected chi connectivity index (χ0v) is 20.8. The van der Waals surface area contributed by atoms with E-state index in [4.69, 9.17) is 0 Å². The summed E-state index contributed by atoms with van der Waals surface area (Å²) in [6, 6.07) is 9.87. The number of aryl methyl sites for hydroxylation is 2. The van der Waals surface area contributed by atoms with Crippen LogP contribution in [0.25, 0.3) is 0 Å². The van der Waals surface area contributed by atoms with E-state index in [1.165, 1.54) is 24.3 Å². The largest absolute Gasteiger partial charge is 0.379 e. The molecule has 0 aromatic heterocycles. The lowest BCUT2D eigenvalue weighted by Gasteiger charge is -2.20. The van der Waals surface area contributed by atoms with Crippen LogP contribution in [0.1, 0.15) is 25.0 Å². The van der Waals surface area contributed by atoms with Crippen LogP contribution < -0.4 is 0 Å². The molecule has 178 valence electrons. The normalized spacial score (nSPS) is 15.2. The Labute approximate surface area is 187 Å². The molecule has 0 radical (unpaired) electrons. The molecule has 14 heteroatoms. The number of hydrogen-bond acceptors (Lipinski definition) is 10. The predicted octanol–water partition coefficient (Wildman–Crippen LogP) is 1.85. The molecule has 2 rings (SSSR count). The summed E-state index contributed by atoms with van der Waals surface area (Å²) in [5, 5.41) is 0. The van der Waals surface area contributed by atoms with Gasteiger partial charge in [-0.1, -0.05) is 35.4 Å². The third-order valence-corrected chi connectivity index (χ3v) is 13.1. The van der Waals surface area contributed by atoms with Crippen molar-refractivity contribution in [3.63, 3.8) is 0 Å². The number of benzene rings is 2. The van der Waals surface area contributed by atoms with Crippen LogP contribution in [0.2, 0.25) is 0 Å². The zero-order valence-electron chi connectivity index (χ0n) is 17.5. The van der Waals surface area contributed by atoms with Gasteiger partial charge >= 0.3 is 36.0 Å². The summed E-state index contributed by atoms with van der Waals surface area (Å²) in [4.78, 5) is -1.09. The third-order valence-electron chi connectivity index (χ3n) is 4.36. The molecule has 0 aliphatic rings. The standard InChI is InChI=1S/C18H22O10S4/c1-13-5-9-17(10-6-13)29(19,20)31(23,24)27-15(3)16(4)28-32(25,26)30(21,22)18-11-7-14(2)8-12-18/h5-12,15-16H,1-4H3. The van der Waals surface area contributed by atoms with Crippen molar-refractivity contribution in [1.82, 2.24) is 0 Å². The summed E-state index contributed by atoms with van der Waals surface area (Å²) < 4.78 is 108. The minimum Gasteiger partial charge on any atom is -0.252 e. The molecular formula is C18H22O10S4. The Bertz CT molecular complexity index is 1280. The van der Waals surface area contributed by atoms with Crippen molar-refractivity contribution in [2.45, 2.75) is 49.7 Å². The molecule has 2 atom stereocenters. The summed E-state index contributed by atoms with van der Waals surface area (Å²) in [6.45, 7) is 5.41. The van der Waals surface area contributed by atoms with E-state index >= 15 is 0 Å². The van der Waals surface area contributed by atoms with Gasteiger partial charge in [-0.15, -0.1) is 0 Å². The van der Waals surface area contributed by atoms with Crippen LogP contribution in [0.15, 0.2) is 58.3 Å². The van der Waals surface area contributed by atoms with E-state index < -0.39 is 58.0 Å². The van der Waals surface area contributed by atoms with Gasteiger partial charge in [0.2, 0.25) is 0 Å². The first-order chi connectivity index (χ1) is 14.5. The van der Waals surface area contributed by atoms with Crippen LogP contribution >= 0.6 is 0 Å². The fourth-order valence-corrected chi connectivity index (χ4v) is 8.40. The van der Waals surface area contributed by atoms with Gasteiger partial charge in [-0.2, -0.15) is 16.8 Å². The van der Waals surface area contributed by atoms with E-state index in [0.29, 0.717) is 11.1 Å². The number of hydrogen-bond donors (Lipinski definition) is 0. The maximum Gasteiger partial charge on any atom is 0.379 e. The van der Waals surface area contributed by atoms with Gasteiger partial charge in [-0.25, -0.2) is 16.8 Å². The van der Waals surface area contributed by atoms with Crippen LogP contribution in [-0.2, 0) is 44.4 Å². The molecule has 0 N–H and O–H groups in total. The highest BCUT2D eigenvalue weighted by Gasteiger charge is 2.40. The molecule has 2 aromatic carbocycles. The molecule has 0 bridgehead atoms. The van der Waals surface area contributed by atoms with Gasteiger partial charge in [0.25, 0.3) is 0 Å². The van der Waals surface area contributed by atoms with Gasteiger partial charge in [0.15, 0.2) is 0 Å². The molecular weight excluding hydrogens is 504 g/mol. The average molecular weight is 527 g/mol. The molecule has 2 unspecified atom stereocenters. The van der Waals surface area contributed by atoms with Crippen molar-refractivity contribution < 1.29 is 42.0 Å². The van der Waals surface area contributed by atoms with Crippen molar-refractivity contribution in [3.05, 3.63) is 59.7 Å². The Morgan fingerprint density at radius 3 is 1.03 bits per heavy atom. The molecule has 0 spiro atoms. The van der Waals surface area contributed by atoms with Crippen LogP contribution in [0.3, 0.4) is 0 Å². The van der Waals surface area contributed by atoms with E-state index in [9.17, 15) is 33.7 Å². The summed E-state index contributed by atoms with van der Waals surface area (Å²) in [5.74, 6) is 0. The molecule has 2 aromatic rings. The first-order valence-electron chi connectivity index (χ1n) is 9.01. The van der Waals surface area contributed by atoms with Gasteiger partial charge in [-0.05, 0) is 52.0 Å². The van der Waals surface area contributed by atoms with Crippen molar-refractivity contribution in [3.8, 4) is 0 Å². The van der Waals surface area contributed by atoms with E-state index in [1.54, 1.807) is 13.8 Å². The quantitative estimate of drug-likeness (QED) is 0.442. The minimum atomic E-state index is -5.27. The molecule has 0 amide bonds. The van der Waals surface area contributed by atoms with Crippen LogP contribution in [-0.4, -0.2) is 45.9 Å². The minimum absolute atomic E-state index is 0.543. The second-order valence-corrected chi connectivity index (χ2v) is 16.8. The van der Waals surface area contributed by atoms with Crippen molar-refractivity contribution in [2.75, 3.05) is 0 Å². The fraction of sp³-hybridized carbons (Fsp3) is 0.333. The maximum atomic E-state index is 12.4. The molecule has 0 aliphatic heterocycles. The van der Waals surface area contributed by atoms with Crippen molar-refractivity contribution in [1.29, 1.82) is 0 Å². The van der Waals surface area contributed by atoms with Gasteiger partial charge < -0.3 is 0 Å². The highest BCUT2D eigenvalue weighted by Crippen LogP contribution is 2.24. The zero-order chi connectivity index (χ0) is 24.5. The van der Waals surface area contributed by atoms with Gasteiger partial charge in [0, 0.05) is 0 Å². The first-order valence-corrected chi connectivity index (χ1v) is 15.8. The van der Waals surface area contributed by atoms with E-state index in [-0.39, 0.29) is 0 Å². The Morgan fingerprint density at radius 1 is 0.531 bits per heavy atom. The lowest BCUT2D eigenvalue weighted by atomic mass is 10.2. The lowest BCUT2D eigenvalue weighted by molar-refractivity contribution is 0.0920. The molecule has 0 saturated heterocycles. The molecule has 0 aliphatic carbocycles. The Balaban J connectivity index is 2.23. The summed E-state index contributed by atoms with van der Waals surface area (Å²) in [6.07, 6.45) is -3.33. The second-order valence-electron chi connectivity index (χ2n) is 6.95. The van der Waals surface area contributed by atoms with Gasteiger partial charge in [0.1, 0.15) is 12.2 Å². The Morgan fingerprint density at radius 2 is 0.781 bits per heavy atom. The second kappa shape index (κ2) is 9.19. The monoisotopic (exact) mass is 526 g/mol.